The molecule has 0 amide bonds. The van der Waals surface area contributed by atoms with Crippen LogP contribution in [0.2, 0.25) is 0 Å². The molecule has 0 saturated carbocycles. The number of fused-ring (bicyclic) bond motifs is 1. The van der Waals surface area contributed by atoms with E-state index in [0.29, 0.717) is 28.9 Å². The predicted octanol–water partition coefficient (Wildman–Crippen LogP) is 3.93. The van der Waals surface area contributed by atoms with Crippen molar-refractivity contribution in [2.45, 2.75) is 37.8 Å². The van der Waals surface area contributed by atoms with Gasteiger partial charge in [-0.2, -0.15) is 5.26 Å². The zero-order chi connectivity index (χ0) is 21.9. The first-order chi connectivity index (χ1) is 15.7. The number of rotatable bonds is 4. The van der Waals surface area contributed by atoms with E-state index in [2.05, 4.69) is 20.4 Å². The largest absolute Gasteiger partial charge is 0.507 e. The Morgan fingerprint density at radius 3 is 2.66 bits per heavy atom. The minimum atomic E-state index is 0.0311. The minimum Gasteiger partial charge on any atom is -0.507 e. The molecule has 2 aliphatic heterocycles. The molecule has 0 spiro atoms. The summed E-state index contributed by atoms with van der Waals surface area (Å²) in [4.78, 5) is 2.60. The second-order valence-corrected chi connectivity index (χ2v) is 8.61. The van der Waals surface area contributed by atoms with Gasteiger partial charge < -0.3 is 15.2 Å². The minimum absolute atomic E-state index is 0.0311. The molecule has 1 atom stereocenters. The van der Waals surface area contributed by atoms with Crippen molar-refractivity contribution < 1.29 is 9.84 Å². The maximum Gasteiger partial charge on any atom is 0.156 e. The fraction of sp³-hybridized carbons (Fsp3) is 0.400. The van der Waals surface area contributed by atoms with Crippen LogP contribution in [-0.2, 0) is 4.74 Å². The van der Waals surface area contributed by atoms with Crippen molar-refractivity contribution in [2.24, 2.45) is 0 Å². The van der Waals surface area contributed by atoms with Gasteiger partial charge in [-0.25, -0.2) is 0 Å². The molecular weight excluding hydrogens is 402 g/mol. The average Bonchev–Trinajstić information content (AvgIpc) is 2.85. The van der Waals surface area contributed by atoms with Crippen LogP contribution in [0.25, 0.3) is 22.0 Å². The Balaban J connectivity index is 1.42. The molecular formula is C25H27N5O2. The van der Waals surface area contributed by atoms with Gasteiger partial charge in [-0.1, -0.05) is 24.3 Å². The molecule has 0 radical (unpaired) electrons. The van der Waals surface area contributed by atoms with Gasteiger partial charge in [-0.15, -0.1) is 10.2 Å². The topological polar surface area (TPSA) is 94.3 Å². The molecule has 0 aliphatic carbocycles. The summed E-state index contributed by atoms with van der Waals surface area (Å²) in [7, 11) is 0. The lowest BCUT2D eigenvalue weighted by Crippen LogP contribution is -2.48. The third-order valence-electron chi connectivity index (χ3n) is 6.57. The highest BCUT2D eigenvalue weighted by Crippen LogP contribution is 2.35. The summed E-state index contributed by atoms with van der Waals surface area (Å²) in [6, 6.07) is 15.8. The van der Waals surface area contributed by atoms with Gasteiger partial charge >= 0.3 is 0 Å². The molecule has 0 unspecified atom stereocenters. The number of likely N-dealkylation sites (tertiary alicyclic amines) is 1. The summed E-state index contributed by atoms with van der Waals surface area (Å²) in [6.45, 7) is 3.86. The second kappa shape index (κ2) is 9.11. The van der Waals surface area contributed by atoms with Gasteiger partial charge in [0.25, 0.3) is 0 Å². The van der Waals surface area contributed by atoms with Gasteiger partial charge in [0.1, 0.15) is 11.4 Å². The van der Waals surface area contributed by atoms with E-state index in [1.807, 2.05) is 30.3 Å². The number of nitriles is 1. The zero-order valence-electron chi connectivity index (χ0n) is 18.0. The van der Waals surface area contributed by atoms with E-state index in [4.69, 9.17) is 10.00 Å². The Hall–Kier alpha value is -3.21. The second-order valence-electron chi connectivity index (χ2n) is 8.61. The number of aromatic nitrogens is 2. The monoisotopic (exact) mass is 429 g/mol. The van der Waals surface area contributed by atoms with E-state index in [1.54, 1.807) is 12.1 Å². The fourth-order valence-electron chi connectivity index (χ4n) is 4.91. The Bertz CT molecular complexity index is 1150. The van der Waals surface area contributed by atoms with Gasteiger partial charge in [-0.05, 0) is 50.4 Å². The van der Waals surface area contributed by atoms with Crippen molar-refractivity contribution in [2.75, 3.05) is 31.6 Å². The number of nitrogens with one attached hydrogen (secondary N) is 1. The highest BCUT2D eigenvalue weighted by molar-refractivity contribution is 6.00. The normalized spacial score (nSPS) is 20.2. The molecule has 7 nitrogen and oxygen atoms in total. The summed E-state index contributed by atoms with van der Waals surface area (Å²) in [5, 5.41) is 34.1. The number of anilines is 1. The molecule has 164 valence electrons. The van der Waals surface area contributed by atoms with Crippen molar-refractivity contribution in [1.82, 2.24) is 15.1 Å². The lowest BCUT2D eigenvalue weighted by Gasteiger charge is -2.40. The standard InChI is InChI=1S/C25H27N5O2/c26-15-17-7-8-22(23(31)14-17)24-20-5-1-2-6-21(20)25(29-28-24)27-18-4-3-11-30(16-18)19-9-12-32-13-10-19/h1-2,5-8,14,18-19,31H,3-4,9-13,16H2,(H,27,29)/t18-/m1/s1. The molecule has 3 aromatic rings. The van der Waals surface area contributed by atoms with E-state index in [9.17, 15) is 5.11 Å². The SMILES string of the molecule is N#Cc1ccc(-c2nnc(N[C@@H]3CCCN(C4CCOCC4)C3)c3ccccc23)c(O)c1. The van der Waals surface area contributed by atoms with Gasteiger partial charge in [0, 0.05) is 48.2 Å². The summed E-state index contributed by atoms with van der Waals surface area (Å²) < 4.78 is 5.54. The quantitative estimate of drug-likeness (QED) is 0.649. The number of phenolic OH excluding ortho intramolecular Hbond substituents is 1. The summed E-state index contributed by atoms with van der Waals surface area (Å²) >= 11 is 0. The molecule has 1 aromatic heterocycles. The maximum absolute atomic E-state index is 10.5. The summed E-state index contributed by atoms with van der Waals surface area (Å²) in [5.41, 5.74) is 1.59. The van der Waals surface area contributed by atoms with Crippen LogP contribution in [0.4, 0.5) is 5.82 Å². The lowest BCUT2D eigenvalue weighted by molar-refractivity contribution is 0.0255. The molecule has 3 heterocycles. The van der Waals surface area contributed by atoms with Crippen LogP contribution < -0.4 is 5.32 Å². The Labute approximate surface area is 187 Å². The molecule has 7 heteroatoms. The van der Waals surface area contributed by atoms with Crippen LogP contribution in [0.15, 0.2) is 42.5 Å². The van der Waals surface area contributed by atoms with Crippen LogP contribution in [-0.4, -0.2) is 58.6 Å². The lowest BCUT2D eigenvalue weighted by atomic mass is 9.99. The van der Waals surface area contributed by atoms with Crippen molar-refractivity contribution in [1.29, 1.82) is 5.26 Å². The number of ether oxygens (including phenoxy) is 1. The number of nitrogens with zero attached hydrogens (tertiary/aromatic N) is 4. The van der Waals surface area contributed by atoms with Crippen molar-refractivity contribution in [3.63, 3.8) is 0 Å². The third-order valence-corrected chi connectivity index (χ3v) is 6.57. The molecule has 2 fully saturated rings. The van der Waals surface area contributed by atoms with Crippen molar-refractivity contribution >= 4 is 16.6 Å². The molecule has 5 rings (SSSR count). The van der Waals surface area contributed by atoms with E-state index < -0.39 is 0 Å². The maximum atomic E-state index is 10.5. The number of benzene rings is 2. The highest BCUT2D eigenvalue weighted by Gasteiger charge is 2.28. The predicted molar refractivity (Wildman–Crippen MR) is 123 cm³/mol. The van der Waals surface area contributed by atoms with E-state index >= 15 is 0 Å². The zero-order valence-corrected chi connectivity index (χ0v) is 18.0. The Kier molecular flexibility index (Phi) is 5.89. The number of hydrogen-bond donors (Lipinski definition) is 2. The van der Waals surface area contributed by atoms with Crippen molar-refractivity contribution in [3.05, 3.63) is 48.0 Å². The highest BCUT2D eigenvalue weighted by atomic mass is 16.5. The van der Waals surface area contributed by atoms with Crippen LogP contribution in [0.1, 0.15) is 31.2 Å². The first-order valence-electron chi connectivity index (χ1n) is 11.3. The van der Waals surface area contributed by atoms with Crippen LogP contribution in [0, 0.1) is 11.3 Å². The van der Waals surface area contributed by atoms with Gasteiger partial charge in [0.05, 0.1) is 11.6 Å². The number of piperidine rings is 1. The molecule has 0 bridgehead atoms. The summed E-state index contributed by atoms with van der Waals surface area (Å²) in [5.74, 6) is 0.805. The van der Waals surface area contributed by atoms with E-state index in [-0.39, 0.29) is 5.75 Å². The van der Waals surface area contributed by atoms with Gasteiger partial charge in [0.15, 0.2) is 5.82 Å². The summed E-state index contributed by atoms with van der Waals surface area (Å²) in [6.07, 6.45) is 4.49. The van der Waals surface area contributed by atoms with Crippen LogP contribution in [0.3, 0.4) is 0 Å². The number of aromatic hydroxyl groups is 1. The first kappa shape index (κ1) is 20.7. The van der Waals surface area contributed by atoms with E-state index in [0.717, 1.165) is 68.6 Å². The number of phenols is 1. The number of hydrogen-bond acceptors (Lipinski definition) is 7. The molecule has 2 N–H and O–H groups in total. The molecule has 2 aliphatic rings. The molecule has 2 aromatic carbocycles. The van der Waals surface area contributed by atoms with Gasteiger partial charge in [0.2, 0.25) is 0 Å². The van der Waals surface area contributed by atoms with Crippen LogP contribution >= 0.6 is 0 Å². The Morgan fingerprint density at radius 1 is 1.06 bits per heavy atom. The fourth-order valence-corrected chi connectivity index (χ4v) is 4.91. The Morgan fingerprint density at radius 2 is 1.88 bits per heavy atom. The molecule has 2 saturated heterocycles. The first-order valence-corrected chi connectivity index (χ1v) is 11.3. The smallest absolute Gasteiger partial charge is 0.156 e. The van der Waals surface area contributed by atoms with Gasteiger partial charge in [-0.3, -0.25) is 4.90 Å². The molecule has 32 heavy (non-hydrogen) atoms. The van der Waals surface area contributed by atoms with Crippen LogP contribution in [0.5, 0.6) is 5.75 Å². The van der Waals surface area contributed by atoms with E-state index in [1.165, 1.54) is 6.07 Å². The van der Waals surface area contributed by atoms with Crippen molar-refractivity contribution in [3.8, 4) is 23.1 Å². The average molecular weight is 430 g/mol. The third kappa shape index (κ3) is 4.12.